The van der Waals surface area contributed by atoms with Gasteiger partial charge in [-0.1, -0.05) is 55.8 Å². The molecule has 0 fully saturated rings. The molecule has 0 heterocycles. The summed E-state index contributed by atoms with van der Waals surface area (Å²) in [6.45, 7) is 4.25. The molecule has 3 nitrogen and oxygen atoms in total. The van der Waals surface area contributed by atoms with E-state index in [2.05, 4.69) is 24.5 Å². The van der Waals surface area contributed by atoms with Crippen molar-refractivity contribution in [2.75, 3.05) is 11.9 Å². The van der Waals surface area contributed by atoms with Gasteiger partial charge in [0, 0.05) is 11.1 Å². The van der Waals surface area contributed by atoms with Crippen molar-refractivity contribution in [3.05, 3.63) is 64.9 Å². The Morgan fingerprint density at radius 3 is 2.52 bits per heavy atom. The molecule has 0 aliphatic rings. The van der Waals surface area contributed by atoms with E-state index in [1.807, 2.05) is 30.3 Å². The summed E-state index contributed by atoms with van der Waals surface area (Å²) in [5.74, 6) is -0.507. The topological polar surface area (TPSA) is 41.1 Å². The largest absolute Gasteiger partial charge is 0.322 e. The van der Waals surface area contributed by atoms with Gasteiger partial charge in [0.05, 0.1) is 12.2 Å². The average molecular weight is 335 g/mol. The van der Waals surface area contributed by atoms with Crippen molar-refractivity contribution in [2.24, 2.45) is 5.92 Å². The Kier molecular flexibility index (Phi) is 6.13. The van der Waals surface area contributed by atoms with Crippen LogP contribution in [0.2, 0.25) is 5.02 Å². The van der Waals surface area contributed by atoms with Gasteiger partial charge in [0.25, 0.3) is 0 Å². The molecule has 0 spiro atoms. The summed E-state index contributed by atoms with van der Waals surface area (Å²) in [5, 5.41) is 6.13. The molecule has 1 amide bonds. The van der Waals surface area contributed by atoms with Gasteiger partial charge in [-0.25, -0.2) is 4.39 Å². The molecule has 0 radical (unpaired) electrons. The van der Waals surface area contributed by atoms with E-state index < -0.39 is 5.82 Å². The molecule has 2 rings (SSSR count). The van der Waals surface area contributed by atoms with E-state index in [0.29, 0.717) is 10.9 Å². The maximum Gasteiger partial charge on any atom is 0.238 e. The van der Waals surface area contributed by atoms with E-state index in [4.69, 9.17) is 11.6 Å². The summed E-state index contributed by atoms with van der Waals surface area (Å²) in [6, 6.07) is 14.0. The van der Waals surface area contributed by atoms with Crippen molar-refractivity contribution in [3.63, 3.8) is 0 Å². The van der Waals surface area contributed by atoms with Gasteiger partial charge < -0.3 is 10.6 Å². The summed E-state index contributed by atoms with van der Waals surface area (Å²) in [7, 11) is 0. The highest BCUT2D eigenvalue weighted by atomic mass is 35.5. The standard InChI is InChI=1S/C18H20ClFN2O/c1-12(2)18(13-6-4-3-5-7-13)21-11-17(23)22-16-10-14(19)8-9-15(16)20/h3-10,12,18,21H,11H2,1-2H3,(H,22,23)/t18-/m1/s1. The van der Waals surface area contributed by atoms with Gasteiger partial charge in [0.15, 0.2) is 0 Å². The van der Waals surface area contributed by atoms with Crippen LogP contribution in [-0.4, -0.2) is 12.5 Å². The van der Waals surface area contributed by atoms with E-state index in [-0.39, 0.29) is 24.2 Å². The molecular formula is C18H20ClFN2O. The third-order valence-electron chi connectivity index (χ3n) is 3.51. The summed E-state index contributed by atoms with van der Waals surface area (Å²) in [4.78, 5) is 12.1. The van der Waals surface area contributed by atoms with Crippen molar-refractivity contribution in [1.82, 2.24) is 5.32 Å². The number of rotatable bonds is 6. The smallest absolute Gasteiger partial charge is 0.238 e. The van der Waals surface area contributed by atoms with Crippen LogP contribution in [0.25, 0.3) is 0 Å². The quantitative estimate of drug-likeness (QED) is 0.821. The first-order valence-electron chi connectivity index (χ1n) is 7.50. The van der Waals surface area contributed by atoms with Gasteiger partial charge in [0.2, 0.25) is 5.91 Å². The van der Waals surface area contributed by atoms with Gasteiger partial charge in [-0.2, -0.15) is 0 Å². The van der Waals surface area contributed by atoms with Crippen molar-refractivity contribution >= 4 is 23.2 Å². The fourth-order valence-corrected chi connectivity index (χ4v) is 2.56. The van der Waals surface area contributed by atoms with Gasteiger partial charge in [0.1, 0.15) is 5.82 Å². The van der Waals surface area contributed by atoms with Crippen LogP contribution in [-0.2, 0) is 4.79 Å². The zero-order valence-corrected chi connectivity index (χ0v) is 13.9. The van der Waals surface area contributed by atoms with Crippen molar-refractivity contribution in [2.45, 2.75) is 19.9 Å². The van der Waals surface area contributed by atoms with Gasteiger partial charge in [-0.15, -0.1) is 0 Å². The van der Waals surface area contributed by atoms with Crippen molar-refractivity contribution in [1.29, 1.82) is 0 Å². The van der Waals surface area contributed by atoms with Crippen LogP contribution < -0.4 is 10.6 Å². The predicted octanol–water partition coefficient (Wildman–Crippen LogP) is 4.40. The second kappa shape index (κ2) is 8.09. The highest BCUT2D eigenvalue weighted by molar-refractivity contribution is 6.30. The zero-order chi connectivity index (χ0) is 16.8. The molecule has 0 aromatic heterocycles. The van der Waals surface area contributed by atoms with E-state index in [1.165, 1.54) is 18.2 Å². The molecule has 0 aliphatic carbocycles. The number of carbonyl (C=O) groups excluding carboxylic acids is 1. The number of hydrogen-bond donors (Lipinski definition) is 2. The lowest BCUT2D eigenvalue weighted by molar-refractivity contribution is -0.115. The summed E-state index contributed by atoms with van der Waals surface area (Å²) in [6.07, 6.45) is 0. The Labute approximate surface area is 140 Å². The first-order chi connectivity index (χ1) is 11.0. The van der Waals surface area contributed by atoms with Crippen LogP contribution in [0, 0.1) is 11.7 Å². The minimum Gasteiger partial charge on any atom is -0.322 e. The zero-order valence-electron chi connectivity index (χ0n) is 13.1. The second-order valence-electron chi connectivity index (χ2n) is 5.69. The minimum absolute atomic E-state index is 0.0474. The number of nitrogens with one attached hydrogen (secondary N) is 2. The molecule has 0 aliphatic heterocycles. The van der Waals surface area contributed by atoms with E-state index >= 15 is 0 Å². The maximum atomic E-state index is 13.6. The van der Waals surface area contributed by atoms with Crippen molar-refractivity contribution in [3.8, 4) is 0 Å². The Morgan fingerprint density at radius 2 is 1.87 bits per heavy atom. The Balaban J connectivity index is 1.98. The molecule has 2 aromatic rings. The van der Waals surface area contributed by atoms with Crippen LogP contribution in [0.3, 0.4) is 0 Å². The van der Waals surface area contributed by atoms with Gasteiger partial charge in [-0.05, 0) is 29.7 Å². The van der Waals surface area contributed by atoms with Crippen LogP contribution in [0.5, 0.6) is 0 Å². The summed E-state index contributed by atoms with van der Waals surface area (Å²) < 4.78 is 13.6. The van der Waals surface area contributed by atoms with Crippen molar-refractivity contribution < 1.29 is 9.18 Å². The van der Waals surface area contributed by atoms with Crippen LogP contribution >= 0.6 is 11.6 Å². The third-order valence-corrected chi connectivity index (χ3v) is 3.75. The monoisotopic (exact) mass is 334 g/mol. The molecule has 0 bridgehead atoms. The highest BCUT2D eigenvalue weighted by Gasteiger charge is 2.16. The first kappa shape index (κ1) is 17.4. The van der Waals surface area contributed by atoms with Gasteiger partial charge >= 0.3 is 0 Å². The highest BCUT2D eigenvalue weighted by Crippen LogP contribution is 2.22. The number of benzene rings is 2. The lowest BCUT2D eigenvalue weighted by atomic mass is 9.96. The summed E-state index contributed by atoms with van der Waals surface area (Å²) in [5.41, 5.74) is 1.20. The Morgan fingerprint density at radius 1 is 1.17 bits per heavy atom. The molecule has 0 saturated heterocycles. The number of anilines is 1. The van der Waals surface area contributed by atoms with Crippen LogP contribution in [0.4, 0.5) is 10.1 Å². The number of halogens is 2. The van der Waals surface area contributed by atoms with E-state index in [9.17, 15) is 9.18 Å². The summed E-state index contributed by atoms with van der Waals surface area (Å²) >= 11 is 5.82. The molecule has 1 atom stereocenters. The van der Waals surface area contributed by atoms with Gasteiger partial charge in [-0.3, -0.25) is 4.79 Å². The average Bonchev–Trinajstić information content (AvgIpc) is 2.52. The second-order valence-corrected chi connectivity index (χ2v) is 6.12. The third kappa shape index (κ3) is 5.05. The minimum atomic E-state index is -0.508. The molecule has 5 heteroatoms. The lowest BCUT2D eigenvalue weighted by Gasteiger charge is -2.22. The number of hydrogen-bond acceptors (Lipinski definition) is 2. The van der Waals surface area contributed by atoms with E-state index in [0.717, 1.165) is 5.56 Å². The Bertz CT molecular complexity index is 661. The normalized spacial score (nSPS) is 12.2. The molecule has 122 valence electrons. The number of carbonyl (C=O) groups is 1. The first-order valence-corrected chi connectivity index (χ1v) is 7.88. The fourth-order valence-electron chi connectivity index (χ4n) is 2.39. The molecule has 0 unspecified atom stereocenters. The lowest BCUT2D eigenvalue weighted by Crippen LogP contribution is -2.33. The molecule has 0 saturated carbocycles. The fraction of sp³-hybridized carbons (Fsp3) is 0.278. The maximum absolute atomic E-state index is 13.6. The number of amides is 1. The van der Waals surface area contributed by atoms with E-state index in [1.54, 1.807) is 0 Å². The molecule has 2 aromatic carbocycles. The van der Waals surface area contributed by atoms with Crippen LogP contribution in [0.1, 0.15) is 25.5 Å². The SMILES string of the molecule is CC(C)[C@@H](NCC(=O)Nc1cc(Cl)ccc1F)c1ccccc1. The molecule has 2 N–H and O–H groups in total. The predicted molar refractivity (Wildman–Crippen MR) is 92.1 cm³/mol. The van der Waals surface area contributed by atoms with Crippen LogP contribution in [0.15, 0.2) is 48.5 Å². The Hall–Kier alpha value is -1.91. The molecular weight excluding hydrogens is 315 g/mol. The molecule has 23 heavy (non-hydrogen) atoms.